The molecular formula is C9H12N2O3. The average molecular weight is 196 g/mol. The van der Waals surface area contributed by atoms with Crippen molar-refractivity contribution in [1.82, 2.24) is 9.97 Å². The minimum atomic E-state index is -0.850. The van der Waals surface area contributed by atoms with Crippen LogP contribution >= 0.6 is 0 Å². The van der Waals surface area contributed by atoms with Gasteiger partial charge < -0.3 is 9.84 Å². The van der Waals surface area contributed by atoms with Crippen LogP contribution in [0.25, 0.3) is 0 Å². The number of ether oxygens (including phenoxy) is 1. The molecule has 0 saturated carbocycles. The van der Waals surface area contributed by atoms with Gasteiger partial charge in [-0.3, -0.25) is 4.79 Å². The van der Waals surface area contributed by atoms with Crippen LogP contribution in [0.5, 0.6) is 5.75 Å². The van der Waals surface area contributed by atoms with Gasteiger partial charge in [0.2, 0.25) is 0 Å². The first-order valence-electron chi connectivity index (χ1n) is 4.21. The summed E-state index contributed by atoms with van der Waals surface area (Å²) in [6.07, 6.45) is 3.09. The molecule has 0 saturated heterocycles. The second kappa shape index (κ2) is 4.55. The normalized spacial score (nSPS) is 12.1. The molecule has 1 atom stereocenters. The number of aliphatic carboxylic acids is 1. The highest BCUT2D eigenvalue weighted by Crippen LogP contribution is 2.15. The van der Waals surface area contributed by atoms with Crippen LogP contribution in [0.2, 0.25) is 0 Å². The summed E-state index contributed by atoms with van der Waals surface area (Å²) in [5.74, 6) is 0.0554. The Hall–Kier alpha value is -1.65. The number of nitrogens with zero attached hydrogens (tertiary/aromatic N) is 2. The van der Waals surface area contributed by atoms with Crippen LogP contribution in [0.4, 0.5) is 0 Å². The van der Waals surface area contributed by atoms with Gasteiger partial charge in [-0.25, -0.2) is 9.97 Å². The van der Waals surface area contributed by atoms with Crippen molar-refractivity contribution in [2.75, 3.05) is 7.11 Å². The Kier molecular flexibility index (Phi) is 3.39. The standard InChI is InChI=1S/C9H12N2O3/c1-6(3-8(12)13)9-10-4-7(14-2)5-11-9/h4-6H,3H2,1-2H3,(H,12,13). The Bertz CT molecular complexity index is 310. The van der Waals surface area contributed by atoms with Crippen LogP contribution in [0, 0.1) is 0 Å². The van der Waals surface area contributed by atoms with Crippen molar-refractivity contribution in [2.24, 2.45) is 0 Å². The maximum absolute atomic E-state index is 10.4. The van der Waals surface area contributed by atoms with Crippen LogP contribution < -0.4 is 4.74 Å². The Morgan fingerprint density at radius 2 is 2.14 bits per heavy atom. The van der Waals surface area contributed by atoms with Crippen LogP contribution in [-0.2, 0) is 4.79 Å². The minimum Gasteiger partial charge on any atom is -0.494 e. The van der Waals surface area contributed by atoms with Gasteiger partial charge in [-0.15, -0.1) is 0 Å². The highest BCUT2D eigenvalue weighted by atomic mass is 16.5. The third kappa shape index (κ3) is 2.69. The fourth-order valence-electron chi connectivity index (χ4n) is 1.04. The summed E-state index contributed by atoms with van der Waals surface area (Å²) in [6.45, 7) is 1.77. The van der Waals surface area contributed by atoms with E-state index in [0.29, 0.717) is 11.6 Å². The summed E-state index contributed by atoms with van der Waals surface area (Å²) in [6, 6.07) is 0. The zero-order valence-electron chi connectivity index (χ0n) is 8.10. The Labute approximate surface area is 81.8 Å². The highest BCUT2D eigenvalue weighted by Gasteiger charge is 2.12. The van der Waals surface area contributed by atoms with E-state index in [1.807, 2.05) is 0 Å². The third-order valence-electron chi connectivity index (χ3n) is 1.81. The fourth-order valence-corrected chi connectivity index (χ4v) is 1.04. The van der Waals surface area contributed by atoms with Crippen LogP contribution in [-0.4, -0.2) is 28.2 Å². The molecule has 0 aliphatic heterocycles. The number of hydrogen-bond donors (Lipinski definition) is 1. The molecular weight excluding hydrogens is 184 g/mol. The molecule has 1 heterocycles. The lowest BCUT2D eigenvalue weighted by molar-refractivity contribution is -0.137. The zero-order chi connectivity index (χ0) is 10.6. The average Bonchev–Trinajstić information content (AvgIpc) is 2.17. The summed E-state index contributed by atoms with van der Waals surface area (Å²) < 4.78 is 4.89. The predicted octanol–water partition coefficient (Wildman–Crippen LogP) is 1.06. The molecule has 0 radical (unpaired) electrons. The molecule has 5 nitrogen and oxygen atoms in total. The largest absolute Gasteiger partial charge is 0.494 e. The van der Waals surface area contributed by atoms with Crippen molar-refractivity contribution in [1.29, 1.82) is 0 Å². The van der Waals surface area contributed by atoms with E-state index >= 15 is 0 Å². The molecule has 0 bridgehead atoms. The zero-order valence-corrected chi connectivity index (χ0v) is 8.10. The van der Waals surface area contributed by atoms with Gasteiger partial charge in [0.05, 0.1) is 25.9 Å². The van der Waals surface area contributed by atoms with Gasteiger partial charge in [0.1, 0.15) is 5.82 Å². The SMILES string of the molecule is COc1cnc(C(C)CC(=O)O)nc1. The van der Waals surface area contributed by atoms with Gasteiger partial charge in [-0.2, -0.15) is 0 Å². The van der Waals surface area contributed by atoms with Gasteiger partial charge >= 0.3 is 5.97 Å². The second-order valence-corrected chi connectivity index (χ2v) is 2.98. The molecule has 1 unspecified atom stereocenters. The number of carbonyl (C=O) groups is 1. The van der Waals surface area contributed by atoms with Crippen molar-refractivity contribution in [3.05, 3.63) is 18.2 Å². The molecule has 1 aromatic heterocycles. The highest BCUT2D eigenvalue weighted by molar-refractivity contribution is 5.67. The lowest BCUT2D eigenvalue weighted by Crippen LogP contribution is -2.06. The van der Waals surface area contributed by atoms with E-state index in [9.17, 15) is 4.79 Å². The molecule has 0 aromatic carbocycles. The first-order chi connectivity index (χ1) is 6.63. The van der Waals surface area contributed by atoms with Crippen molar-refractivity contribution >= 4 is 5.97 Å². The summed E-state index contributed by atoms with van der Waals surface area (Å²) in [5.41, 5.74) is 0. The quantitative estimate of drug-likeness (QED) is 0.779. The van der Waals surface area contributed by atoms with Gasteiger partial charge in [0, 0.05) is 5.92 Å². The number of aromatic nitrogens is 2. The van der Waals surface area contributed by atoms with Gasteiger partial charge in [0.15, 0.2) is 5.75 Å². The molecule has 0 aliphatic rings. The molecule has 1 rings (SSSR count). The molecule has 0 fully saturated rings. The van der Waals surface area contributed by atoms with Crippen molar-refractivity contribution in [3.63, 3.8) is 0 Å². The molecule has 0 amide bonds. The van der Waals surface area contributed by atoms with Crippen LogP contribution in [0.3, 0.4) is 0 Å². The van der Waals surface area contributed by atoms with Gasteiger partial charge in [-0.05, 0) is 0 Å². The van der Waals surface area contributed by atoms with E-state index in [2.05, 4.69) is 9.97 Å². The predicted molar refractivity (Wildman–Crippen MR) is 49.3 cm³/mol. The fraction of sp³-hybridized carbons (Fsp3) is 0.444. The second-order valence-electron chi connectivity index (χ2n) is 2.98. The summed E-state index contributed by atoms with van der Waals surface area (Å²) >= 11 is 0. The van der Waals surface area contributed by atoms with Crippen molar-refractivity contribution < 1.29 is 14.6 Å². The number of rotatable bonds is 4. The summed E-state index contributed by atoms with van der Waals surface area (Å²) in [7, 11) is 1.53. The number of carboxylic acid groups (broad SMARTS) is 1. The van der Waals surface area contributed by atoms with E-state index in [1.54, 1.807) is 6.92 Å². The third-order valence-corrected chi connectivity index (χ3v) is 1.81. The van der Waals surface area contributed by atoms with Crippen molar-refractivity contribution in [2.45, 2.75) is 19.3 Å². The molecule has 1 aromatic rings. The minimum absolute atomic E-state index is 0.0341. The van der Waals surface area contributed by atoms with E-state index in [1.165, 1.54) is 19.5 Å². The van der Waals surface area contributed by atoms with E-state index in [-0.39, 0.29) is 12.3 Å². The maximum Gasteiger partial charge on any atom is 0.304 e. The molecule has 1 N–H and O–H groups in total. The monoisotopic (exact) mass is 196 g/mol. The smallest absolute Gasteiger partial charge is 0.304 e. The van der Waals surface area contributed by atoms with E-state index < -0.39 is 5.97 Å². The molecule has 76 valence electrons. The Morgan fingerprint density at radius 3 is 2.57 bits per heavy atom. The van der Waals surface area contributed by atoms with Gasteiger partial charge in [-0.1, -0.05) is 6.92 Å². The Morgan fingerprint density at radius 1 is 1.57 bits per heavy atom. The molecule has 14 heavy (non-hydrogen) atoms. The van der Waals surface area contributed by atoms with Crippen LogP contribution in [0.15, 0.2) is 12.4 Å². The first-order valence-corrected chi connectivity index (χ1v) is 4.21. The van der Waals surface area contributed by atoms with Gasteiger partial charge in [0.25, 0.3) is 0 Å². The number of hydrogen-bond acceptors (Lipinski definition) is 4. The summed E-state index contributed by atoms with van der Waals surface area (Å²) in [4.78, 5) is 18.4. The maximum atomic E-state index is 10.4. The summed E-state index contributed by atoms with van der Waals surface area (Å²) in [5, 5.41) is 8.57. The molecule has 5 heteroatoms. The van der Waals surface area contributed by atoms with Crippen LogP contribution in [0.1, 0.15) is 25.1 Å². The Balaban J connectivity index is 2.71. The number of methoxy groups -OCH3 is 1. The molecule has 0 aliphatic carbocycles. The topological polar surface area (TPSA) is 72.3 Å². The van der Waals surface area contributed by atoms with Crippen molar-refractivity contribution in [3.8, 4) is 5.75 Å². The van der Waals surface area contributed by atoms with E-state index in [0.717, 1.165) is 0 Å². The number of carboxylic acids is 1. The molecule has 0 spiro atoms. The lowest BCUT2D eigenvalue weighted by atomic mass is 10.1. The lowest BCUT2D eigenvalue weighted by Gasteiger charge is -2.06. The van der Waals surface area contributed by atoms with E-state index in [4.69, 9.17) is 9.84 Å². The first kappa shape index (κ1) is 10.4.